The van der Waals surface area contributed by atoms with Crippen LogP contribution in [0.15, 0.2) is 54.9 Å². The van der Waals surface area contributed by atoms with Gasteiger partial charge < -0.3 is 0 Å². The molecular weight excluding hydrogens is 258 g/mol. The SMILES string of the molecule is Cc1cccc(-n2ncnc2-c2ccccc2)c1Cl. The smallest absolute Gasteiger partial charge is 0.163 e. The molecule has 0 spiro atoms. The summed E-state index contributed by atoms with van der Waals surface area (Å²) in [6.45, 7) is 1.98. The third-order valence-corrected chi connectivity index (χ3v) is 3.47. The van der Waals surface area contributed by atoms with E-state index in [9.17, 15) is 0 Å². The molecule has 19 heavy (non-hydrogen) atoms. The van der Waals surface area contributed by atoms with Crippen molar-refractivity contribution in [3.8, 4) is 17.1 Å². The molecule has 3 rings (SSSR count). The van der Waals surface area contributed by atoms with E-state index in [1.807, 2.05) is 55.5 Å². The number of halogens is 1. The summed E-state index contributed by atoms with van der Waals surface area (Å²) in [6.07, 6.45) is 1.54. The molecule has 0 saturated carbocycles. The third-order valence-electron chi connectivity index (χ3n) is 2.98. The molecule has 2 aromatic carbocycles. The molecule has 1 heterocycles. The van der Waals surface area contributed by atoms with Gasteiger partial charge in [0.25, 0.3) is 0 Å². The summed E-state index contributed by atoms with van der Waals surface area (Å²) in [6, 6.07) is 15.8. The Hall–Kier alpha value is -2.13. The van der Waals surface area contributed by atoms with Crippen LogP contribution in [0.5, 0.6) is 0 Å². The van der Waals surface area contributed by atoms with Crippen molar-refractivity contribution < 1.29 is 0 Å². The number of hydrogen-bond acceptors (Lipinski definition) is 2. The Balaban J connectivity index is 2.18. The number of aromatic nitrogens is 3. The van der Waals surface area contributed by atoms with E-state index in [4.69, 9.17) is 11.6 Å². The van der Waals surface area contributed by atoms with E-state index >= 15 is 0 Å². The van der Waals surface area contributed by atoms with E-state index in [0.717, 1.165) is 22.6 Å². The molecule has 0 aliphatic heterocycles. The highest BCUT2D eigenvalue weighted by atomic mass is 35.5. The monoisotopic (exact) mass is 269 g/mol. The molecule has 4 heteroatoms. The first-order valence-electron chi connectivity index (χ1n) is 5.98. The van der Waals surface area contributed by atoms with Crippen molar-refractivity contribution in [1.82, 2.24) is 14.8 Å². The van der Waals surface area contributed by atoms with Gasteiger partial charge in [-0.2, -0.15) is 5.10 Å². The fourth-order valence-corrected chi connectivity index (χ4v) is 2.20. The molecule has 0 saturated heterocycles. The van der Waals surface area contributed by atoms with Gasteiger partial charge in [0, 0.05) is 5.56 Å². The predicted molar refractivity (Wildman–Crippen MR) is 76.5 cm³/mol. The lowest BCUT2D eigenvalue weighted by atomic mass is 10.2. The lowest BCUT2D eigenvalue weighted by molar-refractivity contribution is 0.886. The minimum Gasteiger partial charge on any atom is -0.215 e. The Morgan fingerprint density at radius 1 is 1.00 bits per heavy atom. The molecule has 0 unspecified atom stereocenters. The molecule has 3 aromatic rings. The maximum absolute atomic E-state index is 6.36. The van der Waals surface area contributed by atoms with Gasteiger partial charge in [0.1, 0.15) is 6.33 Å². The fraction of sp³-hybridized carbons (Fsp3) is 0.0667. The summed E-state index contributed by atoms with van der Waals surface area (Å²) in [5, 5.41) is 4.99. The van der Waals surface area contributed by atoms with E-state index in [1.54, 1.807) is 11.0 Å². The number of hydrogen-bond donors (Lipinski definition) is 0. The minimum absolute atomic E-state index is 0.699. The summed E-state index contributed by atoms with van der Waals surface area (Å²) in [5.74, 6) is 0.785. The zero-order valence-corrected chi connectivity index (χ0v) is 11.2. The van der Waals surface area contributed by atoms with Gasteiger partial charge in [-0.1, -0.05) is 54.1 Å². The van der Waals surface area contributed by atoms with E-state index < -0.39 is 0 Å². The van der Waals surface area contributed by atoms with Crippen LogP contribution < -0.4 is 0 Å². The third kappa shape index (κ3) is 2.13. The second-order valence-corrected chi connectivity index (χ2v) is 4.65. The maximum Gasteiger partial charge on any atom is 0.163 e. The van der Waals surface area contributed by atoms with Gasteiger partial charge in [-0.05, 0) is 18.6 Å². The molecule has 0 aliphatic carbocycles. The van der Waals surface area contributed by atoms with Gasteiger partial charge in [0.05, 0.1) is 10.7 Å². The first-order valence-corrected chi connectivity index (χ1v) is 6.36. The minimum atomic E-state index is 0.699. The molecule has 0 aliphatic rings. The average Bonchev–Trinajstić information content (AvgIpc) is 2.92. The predicted octanol–water partition coefficient (Wildman–Crippen LogP) is 3.90. The summed E-state index contributed by atoms with van der Waals surface area (Å²) in [5.41, 5.74) is 2.88. The summed E-state index contributed by atoms with van der Waals surface area (Å²) < 4.78 is 1.77. The van der Waals surface area contributed by atoms with Crippen molar-refractivity contribution in [3.05, 3.63) is 65.4 Å². The molecular formula is C15H12ClN3. The van der Waals surface area contributed by atoms with Gasteiger partial charge in [0.2, 0.25) is 0 Å². The number of benzene rings is 2. The molecule has 0 fully saturated rings. The molecule has 0 bridgehead atoms. The Morgan fingerprint density at radius 3 is 2.58 bits per heavy atom. The van der Waals surface area contributed by atoms with E-state index in [2.05, 4.69) is 10.1 Å². The highest BCUT2D eigenvalue weighted by molar-refractivity contribution is 6.33. The van der Waals surface area contributed by atoms with Gasteiger partial charge in [-0.15, -0.1) is 0 Å². The first kappa shape index (κ1) is 11.9. The van der Waals surface area contributed by atoms with Crippen LogP contribution in [0.2, 0.25) is 5.02 Å². The second-order valence-electron chi connectivity index (χ2n) is 4.27. The number of nitrogens with zero attached hydrogens (tertiary/aromatic N) is 3. The van der Waals surface area contributed by atoms with Crippen LogP contribution in [-0.2, 0) is 0 Å². The van der Waals surface area contributed by atoms with Crippen molar-refractivity contribution in [2.75, 3.05) is 0 Å². The van der Waals surface area contributed by atoms with Crippen molar-refractivity contribution in [2.45, 2.75) is 6.92 Å². The zero-order valence-electron chi connectivity index (χ0n) is 10.4. The normalized spacial score (nSPS) is 10.6. The van der Waals surface area contributed by atoms with Crippen LogP contribution >= 0.6 is 11.6 Å². The number of aryl methyl sites for hydroxylation is 1. The highest BCUT2D eigenvalue weighted by Gasteiger charge is 2.12. The molecule has 0 atom stereocenters. The summed E-state index contributed by atoms with van der Waals surface area (Å²) >= 11 is 6.36. The standard InChI is InChI=1S/C15H12ClN3/c1-11-6-5-9-13(14(11)16)19-15(17-10-18-19)12-7-3-2-4-8-12/h2-10H,1H3. The fourth-order valence-electron chi connectivity index (χ4n) is 2.00. The quantitative estimate of drug-likeness (QED) is 0.706. The van der Waals surface area contributed by atoms with Crippen molar-refractivity contribution in [2.24, 2.45) is 0 Å². The lowest BCUT2D eigenvalue weighted by Crippen LogP contribution is -2.01. The second kappa shape index (κ2) is 4.86. The summed E-state index contributed by atoms with van der Waals surface area (Å²) in [7, 11) is 0. The topological polar surface area (TPSA) is 30.7 Å². The van der Waals surface area contributed by atoms with Crippen molar-refractivity contribution in [3.63, 3.8) is 0 Å². The first-order chi connectivity index (χ1) is 9.27. The van der Waals surface area contributed by atoms with Crippen LogP contribution in [0.3, 0.4) is 0 Å². The lowest BCUT2D eigenvalue weighted by Gasteiger charge is -2.09. The molecule has 0 amide bonds. The highest BCUT2D eigenvalue weighted by Crippen LogP contribution is 2.27. The van der Waals surface area contributed by atoms with E-state index in [-0.39, 0.29) is 0 Å². The van der Waals surface area contributed by atoms with Crippen LogP contribution in [0, 0.1) is 6.92 Å². The Bertz CT molecular complexity index is 704. The van der Waals surface area contributed by atoms with Crippen LogP contribution in [0.4, 0.5) is 0 Å². The van der Waals surface area contributed by atoms with E-state index in [1.165, 1.54) is 0 Å². The Kier molecular flexibility index (Phi) is 3.05. The number of rotatable bonds is 2. The largest absolute Gasteiger partial charge is 0.215 e. The molecule has 0 N–H and O–H groups in total. The van der Waals surface area contributed by atoms with Crippen LogP contribution in [-0.4, -0.2) is 14.8 Å². The van der Waals surface area contributed by atoms with Crippen LogP contribution in [0.1, 0.15) is 5.56 Å². The van der Waals surface area contributed by atoms with Gasteiger partial charge in [0.15, 0.2) is 5.82 Å². The van der Waals surface area contributed by atoms with Crippen LogP contribution in [0.25, 0.3) is 17.1 Å². The molecule has 0 radical (unpaired) electrons. The molecule has 1 aromatic heterocycles. The Morgan fingerprint density at radius 2 is 1.79 bits per heavy atom. The van der Waals surface area contributed by atoms with Gasteiger partial charge in [-0.3, -0.25) is 0 Å². The van der Waals surface area contributed by atoms with Crippen molar-refractivity contribution in [1.29, 1.82) is 0 Å². The summed E-state index contributed by atoms with van der Waals surface area (Å²) in [4.78, 5) is 4.33. The maximum atomic E-state index is 6.36. The molecule has 94 valence electrons. The van der Waals surface area contributed by atoms with Gasteiger partial charge in [-0.25, -0.2) is 9.67 Å². The van der Waals surface area contributed by atoms with Gasteiger partial charge >= 0.3 is 0 Å². The molecule has 3 nitrogen and oxygen atoms in total. The average molecular weight is 270 g/mol. The van der Waals surface area contributed by atoms with E-state index in [0.29, 0.717) is 5.02 Å². The zero-order chi connectivity index (χ0) is 13.2. The van der Waals surface area contributed by atoms with Crippen molar-refractivity contribution >= 4 is 11.6 Å². The Labute approximate surface area is 116 Å².